The Hall–Kier alpha value is -0.660. The van der Waals surface area contributed by atoms with E-state index in [0.29, 0.717) is 30.6 Å². The topological polar surface area (TPSA) is 89.9 Å². The molecule has 0 aromatic carbocycles. The second-order valence-corrected chi connectivity index (χ2v) is 11.6. The predicted octanol–water partition coefficient (Wildman–Crippen LogP) is 4.15. The average Bonchev–Trinajstić information content (AvgIpc) is 3.10. The van der Waals surface area contributed by atoms with E-state index in [9.17, 15) is 13.2 Å². The maximum Gasteiger partial charge on any atom is 0.397 e. The molecule has 1 heterocycles. The summed E-state index contributed by atoms with van der Waals surface area (Å²) in [6.45, 7) is 8.99. The summed E-state index contributed by atoms with van der Waals surface area (Å²) >= 11 is 0. The highest BCUT2D eigenvalue weighted by molar-refractivity contribution is 7.80. The largest absolute Gasteiger partial charge is 0.459 e. The Bertz CT molecular complexity index is 765. The van der Waals surface area contributed by atoms with Crippen LogP contribution < -0.4 is 0 Å². The highest BCUT2D eigenvalue weighted by Crippen LogP contribution is 2.70. The number of carbonyl (C=O) groups is 1. The highest BCUT2D eigenvalue weighted by Gasteiger charge is 2.65. The summed E-state index contributed by atoms with van der Waals surface area (Å²) in [5.41, 5.74) is -0.0824. The van der Waals surface area contributed by atoms with Crippen molar-refractivity contribution in [3.05, 3.63) is 0 Å². The zero-order chi connectivity index (χ0) is 20.5. The van der Waals surface area contributed by atoms with Crippen LogP contribution in [0.1, 0.15) is 79.1 Å². The molecule has 0 amide bonds. The Morgan fingerprint density at radius 1 is 1.00 bits per heavy atom. The van der Waals surface area contributed by atoms with Gasteiger partial charge in [0.15, 0.2) is 0 Å². The molecule has 0 aromatic rings. The minimum atomic E-state index is -4.43. The smallest absolute Gasteiger partial charge is 0.397 e. The van der Waals surface area contributed by atoms with Crippen molar-refractivity contribution in [2.45, 2.75) is 90.8 Å². The van der Waals surface area contributed by atoms with Gasteiger partial charge in [-0.25, -0.2) is 4.18 Å². The molecule has 1 N–H and O–H groups in total. The summed E-state index contributed by atoms with van der Waals surface area (Å²) < 4.78 is 42.6. The highest BCUT2D eigenvalue weighted by atomic mass is 32.3. The van der Waals surface area contributed by atoms with Crippen molar-refractivity contribution in [1.29, 1.82) is 0 Å². The van der Waals surface area contributed by atoms with Gasteiger partial charge in [0.1, 0.15) is 5.60 Å². The normalized spacial score (nSPS) is 51.5. The summed E-state index contributed by atoms with van der Waals surface area (Å²) in [6, 6.07) is 0. The minimum Gasteiger partial charge on any atom is -0.459 e. The Kier molecular flexibility index (Phi) is 4.72. The van der Waals surface area contributed by atoms with Crippen LogP contribution in [0.5, 0.6) is 0 Å². The van der Waals surface area contributed by atoms with E-state index in [2.05, 4.69) is 27.7 Å². The molecule has 160 valence electrons. The van der Waals surface area contributed by atoms with E-state index < -0.39 is 16.5 Å². The van der Waals surface area contributed by atoms with Gasteiger partial charge >= 0.3 is 16.4 Å². The number of hydrogen-bond acceptors (Lipinski definition) is 5. The summed E-state index contributed by atoms with van der Waals surface area (Å²) in [5.74, 6) is 1.32. The van der Waals surface area contributed by atoms with Crippen molar-refractivity contribution in [1.82, 2.24) is 0 Å². The third-order valence-corrected chi connectivity index (χ3v) is 9.81. The fourth-order valence-electron chi connectivity index (χ4n) is 8.17. The molecule has 3 aliphatic carbocycles. The van der Waals surface area contributed by atoms with Crippen molar-refractivity contribution in [3.8, 4) is 0 Å². The van der Waals surface area contributed by atoms with Crippen LogP contribution in [0.4, 0.5) is 0 Å². The Morgan fingerprint density at radius 3 is 2.25 bits per heavy atom. The molecular weight excluding hydrogens is 380 g/mol. The van der Waals surface area contributed by atoms with Crippen molar-refractivity contribution in [2.75, 3.05) is 0 Å². The summed E-state index contributed by atoms with van der Waals surface area (Å²) in [6.07, 6.45) is 6.78. The number of rotatable bonds is 3. The third kappa shape index (κ3) is 3.03. The lowest BCUT2D eigenvalue weighted by Crippen LogP contribution is -2.56. The maximum absolute atomic E-state index is 11.9. The lowest BCUT2D eigenvalue weighted by atomic mass is 9.45. The van der Waals surface area contributed by atoms with Gasteiger partial charge < -0.3 is 4.74 Å². The number of cyclic esters (lactones) is 1. The fraction of sp³-hybridized carbons (Fsp3) is 0.952. The van der Waals surface area contributed by atoms with E-state index in [4.69, 9.17) is 13.5 Å². The quantitative estimate of drug-likeness (QED) is 0.551. The van der Waals surface area contributed by atoms with Gasteiger partial charge in [0, 0.05) is 12.3 Å². The second-order valence-electron chi connectivity index (χ2n) is 10.6. The molecule has 28 heavy (non-hydrogen) atoms. The molecule has 3 saturated carbocycles. The van der Waals surface area contributed by atoms with Crippen molar-refractivity contribution < 1.29 is 26.7 Å². The SMILES string of the molecule is CC1C(OS(=O)(=O)O)CCC2(C)C1CCC1(C)C2CCC1[C@]1(C)CCC(=O)O1. The van der Waals surface area contributed by atoms with E-state index in [1.54, 1.807) is 0 Å². The van der Waals surface area contributed by atoms with Crippen molar-refractivity contribution in [2.24, 2.45) is 34.5 Å². The summed E-state index contributed by atoms with van der Waals surface area (Å²) in [7, 11) is -4.43. The molecule has 0 radical (unpaired) electrons. The molecule has 7 heteroatoms. The first-order valence-corrected chi connectivity index (χ1v) is 12.1. The van der Waals surface area contributed by atoms with Crippen LogP contribution in [0.2, 0.25) is 0 Å². The summed E-state index contributed by atoms with van der Waals surface area (Å²) in [5, 5.41) is 0. The Balaban J connectivity index is 1.59. The Labute approximate surface area is 168 Å². The van der Waals surface area contributed by atoms with Gasteiger partial charge in [-0.05, 0) is 80.5 Å². The van der Waals surface area contributed by atoms with Crippen molar-refractivity contribution >= 4 is 16.4 Å². The van der Waals surface area contributed by atoms with E-state index in [1.807, 2.05) is 0 Å². The van der Waals surface area contributed by atoms with Crippen LogP contribution in [-0.2, 0) is 24.1 Å². The van der Waals surface area contributed by atoms with Crippen LogP contribution >= 0.6 is 0 Å². The molecule has 1 aliphatic heterocycles. The van der Waals surface area contributed by atoms with Crippen LogP contribution in [0, 0.1) is 34.5 Å². The number of ether oxygens (including phenoxy) is 1. The first-order chi connectivity index (χ1) is 12.9. The molecule has 4 fully saturated rings. The van der Waals surface area contributed by atoms with E-state index in [0.717, 1.165) is 38.5 Å². The lowest BCUT2D eigenvalue weighted by molar-refractivity contribution is -0.167. The molecule has 6 nitrogen and oxygen atoms in total. The second kappa shape index (κ2) is 6.42. The number of hydrogen-bond donors (Lipinski definition) is 1. The lowest BCUT2D eigenvalue weighted by Gasteiger charge is -2.60. The first-order valence-electron chi connectivity index (χ1n) is 10.8. The van der Waals surface area contributed by atoms with E-state index in [1.165, 1.54) is 0 Å². The molecule has 4 rings (SSSR count). The van der Waals surface area contributed by atoms with E-state index >= 15 is 0 Å². The number of carbonyl (C=O) groups excluding carboxylic acids is 1. The monoisotopic (exact) mass is 414 g/mol. The molecule has 7 unspecified atom stereocenters. The van der Waals surface area contributed by atoms with Gasteiger partial charge in [-0.1, -0.05) is 20.8 Å². The standard InChI is InChI=1S/C21H34O6S/c1-13-14-7-10-20(3)16(5-6-17(20)21(4)12-9-18(22)26-21)19(14,2)11-8-15(13)27-28(23,24)25/h13-17H,5-12H2,1-4H3,(H,23,24,25)/t13?,14?,15?,16?,17?,19?,20?,21-/m0/s1. The number of esters is 1. The zero-order valence-corrected chi connectivity index (χ0v) is 18.3. The molecular formula is C21H34O6S. The molecule has 1 saturated heterocycles. The molecule has 0 spiro atoms. The molecule has 8 atom stereocenters. The van der Waals surface area contributed by atoms with Crippen LogP contribution in [-0.4, -0.2) is 30.6 Å². The van der Waals surface area contributed by atoms with Gasteiger partial charge in [0.2, 0.25) is 0 Å². The minimum absolute atomic E-state index is 0.0639. The van der Waals surface area contributed by atoms with Crippen molar-refractivity contribution in [3.63, 3.8) is 0 Å². The summed E-state index contributed by atoms with van der Waals surface area (Å²) in [4.78, 5) is 11.9. The Morgan fingerprint density at radius 2 is 1.64 bits per heavy atom. The van der Waals surface area contributed by atoms with Crippen LogP contribution in [0.3, 0.4) is 0 Å². The first kappa shape index (κ1) is 20.6. The predicted molar refractivity (Wildman–Crippen MR) is 104 cm³/mol. The van der Waals surface area contributed by atoms with Gasteiger partial charge in [-0.3, -0.25) is 9.35 Å². The fourth-order valence-corrected chi connectivity index (χ4v) is 8.76. The van der Waals surface area contributed by atoms with Gasteiger partial charge in [0.25, 0.3) is 0 Å². The van der Waals surface area contributed by atoms with Crippen LogP contribution in [0.15, 0.2) is 0 Å². The number of fused-ring (bicyclic) bond motifs is 3. The van der Waals surface area contributed by atoms with Gasteiger partial charge in [0.05, 0.1) is 6.10 Å². The average molecular weight is 415 g/mol. The van der Waals surface area contributed by atoms with E-state index in [-0.39, 0.29) is 28.3 Å². The molecule has 4 aliphatic rings. The van der Waals surface area contributed by atoms with Gasteiger partial charge in [-0.2, -0.15) is 8.42 Å². The maximum atomic E-state index is 11.9. The van der Waals surface area contributed by atoms with Crippen LogP contribution in [0.25, 0.3) is 0 Å². The third-order valence-electron chi connectivity index (χ3n) is 9.32. The zero-order valence-electron chi connectivity index (χ0n) is 17.4. The molecule has 0 aromatic heterocycles. The molecule has 0 bridgehead atoms. The van der Waals surface area contributed by atoms with Gasteiger partial charge in [-0.15, -0.1) is 0 Å².